The second-order valence-corrected chi connectivity index (χ2v) is 5.53. The van der Waals surface area contributed by atoms with E-state index in [4.69, 9.17) is 20.4 Å². The van der Waals surface area contributed by atoms with Crippen molar-refractivity contribution < 1.29 is 9.84 Å². The number of rotatable bonds is 5. The van der Waals surface area contributed by atoms with Crippen LogP contribution >= 0.6 is 0 Å². The fourth-order valence-corrected chi connectivity index (χ4v) is 2.34. The number of nitriles is 2. The predicted octanol–water partition coefficient (Wildman–Crippen LogP) is 3.29. The van der Waals surface area contributed by atoms with Crippen molar-refractivity contribution in [1.29, 1.82) is 10.5 Å². The minimum Gasteiger partial charge on any atom is -0.462 e. The highest BCUT2D eigenvalue weighted by molar-refractivity contribution is 5.59. The minimum atomic E-state index is 0.0600. The van der Waals surface area contributed by atoms with E-state index in [2.05, 4.69) is 0 Å². The van der Waals surface area contributed by atoms with Gasteiger partial charge in [-0.25, -0.2) is 0 Å². The number of aliphatic hydroxyl groups excluding tert-OH is 1. The number of hydrogen-bond donors (Lipinski definition) is 1. The molecule has 0 saturated carbocycles. The first-order valence-corrected chi connectivity index (χ1v) is 7.80. The number of nitrogens with zero attached hydrogens (tertiary/aromatic N) is 3. The van der Waals surface area contributed by atoms with Crippen molar-refractivity contribution in [3.05, 3.63) is 70.7 Å². The molecule has 25 heavy (non-hydrogen) atoms. The standard InChI is InChI=1S/C20H19N3O2/c1-15-11-17(18(13-21)14-22)12-20(25-15)8-5-16-3-6-19(7-4-16)23(2)9-10-24/h3-8,11-12,24H,9-10H2,1-2H3/b8-5+. The minimum absolute atomic E-state index is 0.0600. The van der Waals surface area contributed by atoms with Gasteiger partial charge >= 0.3 is 0 Å². The number of ether oxygens (including phenoxy) is 1. The van der Waals surface area contributed by atoms with Crippen molar-refractivity contribution >= 4 is 11.8 Å². The van der Waals surface area contributed by atoms with Crippen molar-refractivity contribution in [3.8, 4) is 12.1 Å². The van der Waals surface area contributed by atoms with E-state index in [-0.39, 0.29) is 12.2 Å². The summed E-state index contributed by atoms with van der Waals surface area (Å²) in [7, 11) is 1.92. The first kappa shape index (κ1) is 18.1. The van der Waals surface area contributed by atoms with Crippen LogP contribution in [-0.2, 0) is 4.74 Å². The van der Waals surface area contributed by atoms with E-state index in [0.717, 1.165) is 11.3 Å². The molecule has 0 bridgehead atoms. The van der Waals surface area contributed by atoms with Crippen molar-refractivity contribution in [2.45, 2.75) is 6.92 Å². The average Bonchev–Trinajstić information content (AvgIpc) is 2.61. The second kappa shape index (κ2) is 8.54. The zero-order valence-corrected chi connectivity index (χ0v) is 14.2. The van der Waals surface area contributed by atoms with E-state index in [0.29, 0.717) is 23.6 Å². The summed E-state index contributed by atoms with van der Waals surface area (Å²) in [5.41, 5.74) is 2.62. The highest BCUT2D eigenvalue weighted by Gasteiger charge is 2.10. The van der Waals surface area contributed by atoms with E-state index < -0.39 is 0 Å². The second-order valence-electron chi connectivity index (χ2n) is 5.53. The van der Waals surface area contributed by atoms with E-state index in [1.165, 1.54) is 0 Å². The van der Waals surface area contributed by atoms with Crippen LogP contribution in [0.5, 0.6) is 0 Å². The van der Waals surface area contributed by atoms with E-state index in [9.17, 15) is 0 Å². The van der Waals surface area contributed by atoms with Crippen LogP contribution in [0.25, 0.3) is 6.08 Å². The van der Waals surface area contributed by atoms with Gasteiger partial charge in [0.2, 0.25) is 0 Å². The lowest BCUT2D eigenvalue weighted by Crippen LogP contribution is -2.20. The number of benzene rings is 1. The van der Waals surface area contributed by atoms with E-state index >= 15 is 0 Å². The third kappa shape index (κ3) is 4.84. The maximum atomic E-state index is 9.00. The number of aliphatic hydroxyl groups is 1. The molecule has 2 rings (SSSR count). The third-order valence-corrected chi connectivity index (χ3v) is 3.66. The Morgan fingerprint density at radius 2 is 1.84 bits per heavy atom. The van der Waals surface area contributed by atoms with Crippen LogP contribution in [0, 0.1) is 22.7 Å². The topological polar surface area (TPSA) is 80.3 Å². The largest absolute Gasteiger partial charge is 0.462 e. The summed E-state index contributed by atoms with van der Waals surface area (Å²) in [6, 6.07) is 11.7. The smallest absolute Gasteiger partial charge is 0.137 e. The summed E-state index contributed by atoms with van der Waals surface area (Å²) in [5, 5.41) is 27.0. The Bertz CT molecular complexity index is 815. The molecule has 5 heteroatoms. The molecule has 5 nitrogen and oxygen atoms in total. The first-order chi connectivity index (χ1) is 12.1. The van der Waals surface area contributed by atoms with Gasteiger partial charge in [0.25, 0.3) is 0 Å². The monoisotopic (exact) mass is 333 g/mol. The molecule has 1 aliphatic heterocycles. The molecule has 1 heterocycles. The van der Waals surface area contributed by atoms with Gasteiger partial charge in [0.05, 0.1) is 6.61 Å². The fourth-order valence-electron chi connectivity index (χ4n) is 2.34. The first-order valence-electron chi connectivity index (χ1n) is 7.80. The van der Waals surface area contributed by atoms with Crippen LogP contribution in [-0.4, -0.2) is 25.3 Å². The summed E-state index contributed by atoms with van der Waals surface area (Å²) < 4.78 is 5.62. The molecule has 1 N–H and O–H groups in total. The van der Waals surface area contributed by atoms with Gasteiger partial charge in [-0.05, 0) is 42.8 Å². The highest BCUT2D eigenvalue weighted by atomic mass is 16.5. The maximum Gasteiger partial charge on any atom is 0.137 e. The molecule has 126 valence electrons. The Labute approximate surface area is 147 Å². The molecule has 0 fully saturated rings. The van der Waals surface area contributed by atoms with Gasteiger partial charge in [0.1, 0.15) is 29.2 Å². The summed E-state index contributed by atoms with van der Waals surface area (Å²) in [4.78, 5) is 1.97. The molecule has 1 aliphatic rings. The molecular weight excluding hydrogens is 314 g/mol. The predicted molar refractivity (Wildman–Crippen MR) is 97.0 cm³/mol. The normalized spacial score (nSPS) is 13.4. The molecule has 0 amide bonds. The van der Waals surface area contributed by atoms with Gasteiger partial charge in [-0.15, -0.1) is 0 Å². The lowest BCUT2D eigenvalue weighted by atomic mass is 10.1. The highest BCUT2D eigenvalue weighted by Crippen LogP contribution is 2.23. The van der Waals surface area contributed by atoms with Gasteiger partial charge in [-0.2, -0.15) is 10.5 Å². The molecule has 0 aliphatic carbocycles. The quantitative estimate of drug-likeness (QED) is 0.836. The van der Waals surface area contributed by atoms with Crippen molar-refractivity contribution in [3.63, 3.8) is 0 Å². The maximum absolute atomic E-state index is 9.00. The number of likely N-dealkylation sites (N-methyl/N-ethyl adjacent to an activating group) is 1. The van der Waals surface area contributed by atoms with E-state index in [1.807, 2.05) is 54.4 Å². The summed E-state index contributed by atoms with van der Waals surface area (Å²) in [6.45, 7) is 2.47. The van der Waals surface area contributed by atoms with Crippen LogP contribution in [0.1, 0.15) is 12.5 Å². The molecule has 1 aromatic rings. The SMILES string of the molecule is CC1=CC(=C(C#N)C#N)C=C(/C=C/c2ccc(N(C)CCO)cc2)O1. The summed E-state index contributed by atoms with van der Waals surface area (Å²) >= 11 is 0. The lowest BCUT2D eigenvalue weighted by molar-refractivity contribution is 0.304. The van der Waals surface area contributed by atoms with Gasteiger partial charge in [0.15, 0.2) is 0 Å². The van der Waals surface area contributed by atoms with Crippen molar-refractivity contribution in [2.24, 2.45) is 0 Å². The Morgan fingerprint density at radius 1 is 1.16 bits per heavy atom. The van der Waals surface area contributed by atoms with Crippen LogP contribution in [0.2, 0.25) is 0 Å². The zero-order valence-electron chi connectivity index (χ0n) is 14.2. The fraction of sp³-hybridized carbons (Fsp3) is 0.200. The Hall–Kier alpha value is -3.28. The van der Waals surface area contributed by atoms with Crippen LogP contribution < -0.4 is 4.90 Å². The summed E-state index contributed by atoms with van der Waals surface area (Å²) in [5.74, 6) is 1.20. The van der Waals surface area contributed by atoms with Gasteiger partial charge < -0.3 is 14.7 Å². The third-order valence-electron chi connectivity index (χ3n) is 3.66. The van der Waals surface area contributed by atoms with Crippen LogP contribution in [0.15, 0.2) is 65.2 Å². The molecule has 0 saturated heterocycles. The van der Waals surface area contributed by atoms with Crippen LogP contribution in [0.4, 0.5) is 5.69 Å². The van der Waals surface area contributed by atoms with Crippen molar-refractivity contribution in [2.75, 3.05) is 25.1 Å². The molecule has 0 aromatic heterocycles. The number of hydrogen-bond acceptors (Lipinski definition) is 5. The van der Waals surface area contributed by atoms with Crippen molar-refractivity contribution in [1.82, 2.24) is 0 Å². The Morgan fingerprint density at radius 3 is 2.44 bits per heavy atom. The van der Waals surface area contributed by atoms with E-state index in [1.54, 1.807) is 25.2 Å². The molecule has 0 radical (unpaired) electrons. The lowest BCUT2D eigenvalue weighted by Gasteiger charge is -2.17. The number of allylic oxidation sites excluding steroid dienone is 6. The zero-order chi connectivity index (χ0) is 18.2. The average molecular weight is 333 g/mol. The van der Waals surface area contributed by atoms with Gasteiger partial charge in [0, 0.05) is 24.9 Å². The number of anilines is 1. The molecule has 0 unspecified atom stereocenters. The molecular formula is C20H19N3O2. The van der Waals surface area contributed by atoms with Crippen LogP contribution in [0.3, 0.4) is 0 Å². The molecule has 1 aromatic carbocycles. The van der Waals surface area contributed by atoms with Gasteiger partial charge in [-0.1, -0.05) is 18.2 Å². The Balaban J connectivity index is 2.18. The summed E-state index contributed by atoms with van der Waals surface area (Å²) in [6.07, 6.45) is 7.05. The molecule has 0 atom stereocenters. The molecule has 0 spiro atoms. The Kier molecular flexibility index (Phi) is 6.17. The van der Waals surface area contributed by atoms with Gasteiger partial charge in [-0.3, -0.25) is 0 Å².